The molecule has 70 valence electrons. The summed E-state index contributed by atoms with van der Waals surface area (Å²) >= 11 is 0. The van der Waals surface area contributed by atoms with Crippen molar-refractivity contribution in [1.29, 1.82) is 5.26 Å². The third-order valence-corrected chi connectivity index (χ3v) is 1.03. The monoisotopic (exact) mass is 171 g/mol. The number of rotatable bonds is 3. The standard InChI is InChI=1S/C6H9NO2.C3H8/c1-2-3-5(4-7)6(8)9;1-3-2/h5H,2-3H2,1H3,(H,8,9);3H2,1-2H3. The molecule has 12 heavy (non-hydrogen) atoms. The highest BCUT2D eigenvalue weighted by atomic mass is 16.4. The molecule has 0 rings (SSSR count). The molecule has 0 heterocycles. The molecule has 0 aliphatic carbocycles. The van der Waals surface area contributed by atoms with Crippen molar-refractivity contribution in [1.82, 2.24) is 0 Å². The molecule has 1 unspecified atom stereocenters. The first-order chi connectivity index (χ1) is 5.63. The van der Waals surface area contributed by atoms with Gasteiger partial charge >= 0.3 is 5.97 Å². The van der Waals surface area contributed by atoms with Crippen LogP contribution < -0.4 is 0 Å². The molecule has 0 aliphatic heterocycles. The molecule has 0 aromatic rings. The number of carboxylic acid groups (broad SMARTS) is 1. The summed E-state index contributed by atoms with van der Waals surface area (Å²) in [5, 5.41) is 16.5. The average molecular weight is 171 g/mol. The van der Waals surface area contributed by atoms with Gasteiger partial charge in [0.1, 0.15) is 5.92 Å². The lowest BCUT2D eigenvalue weighted by atomic mass is 10.1. The van der Waals surface area contributed by atoms with Gasteiger partial charge in [-0.05, 0) is 6.42 Å². The number of hydrogen-bond donors (Lipinski definition) is 1. The Bertz CT molecular complexity index is 149. The summed E-state index contributed by atoms with van der Waals surface area (Å²) < 4.78 is 0. The number of aliphatic carboxylic acids is 1. The van der Waals surface area contributed by atoms with Gasteiger partial charge in [0, 0.05) is 0 Å². The minimum absolute atomic E-state index is 0.450. The van der Waals surface area contributed by atoms with Gasteiger partial charge in [0.05, 0.1) is 6.07 Å². The third-order valence-electron chi connectivity index (χ3n) is 1.03. The van der Waals surface area contributed by atoms with Gasteiger partial charge in [0.25, 0.3) is 0 Å². The lowest BCUT2D eigenvalue weighted by Crippen LogP contribution is -2.10. The number of nitriles is 1. The Labute approximate surface area is 74.0 Å². The third kappa shape index (κ3) is 8.96. The fraction of sp³-hybridized carbons (Fsp3) is 0.778. The van der Waals surface area contributed by atoms with Gasteiger partial charge in [-0.3, -0.25) is 4.79 Å². The van der Waals surface area contributed by atoms with E-state index < -0.39 is 11.9 Å². The number of carboxylic acids is 1. The zero-order valence-corrected chi connectivity index (χ0v) is 8.00. The summed E-state index contributed by atoms with van der Waals surface area (Å²) in [5.41, 5.74) is 0. The minimum atomic E-state index is -1.01. The average Bonchev–Trinajstić information content (AvgIpc) is 2.01. The number of carbonyl (C=O) groups is 1. The van der Waals surface area contributed by atoms with Crippen LogP contribution in [-0.4, -0.2) is 11.1 Å². The van der Waals surface area contributed by atoms with Crippen LogP contribution in [0.25, 0.3) is 0 Å². The van der Waals surface area contributed by atoms with Crippen molar-refractivity contribution < 1.29 is 9.90 Å². The van der Waals surface area contributed by atoms with Crippen LogP contribution in [0.4, 0.5) is 0 Å². The van der Waals surface area contributed by atoms with Gasteiger partial charge in [-0.15, -0.1) is 0 Å². The molecule has 0 aromatic carbocycles. The van der Waals surface area contributed by atoms with E-state index >= 15 is 0 Å². The molecule has 3 nitrogen and oxygen atoms in total. The maximum Gasteiger partial charge on any atom is 0.320 e. The molecular weight excluding hydrogens is 154 g/mol. The van der Waals surface area contributed by atoms with Crippen LogP contribution in [0.1, 0.15) is 40.0 Å². The maximum atomic E-state index is 10.1. The molecular formula is C9H17NO2. The summed E-state index contributed by atoms with van der Waals surface area (Å²) in [7, 11) is 0. The van der Waals surface area contributed by atoms with Gasteiger partial charge in [0.2, 0.25) is 0 Å². The normalized spacial score (nSPS) is 10.5. The van der Waals surface area contributed by atoms with Gasteiger partial charge in [0.15, 0.2) is 0 Å². The van der Waals surface area contributed by atoms with Crippen LogP contribution in [0.3, 0.4) is 0 Å². The van der Waals surface area contributed by atoms with E-state index in [0.717, 1.165) is 6.42 Å². The molecule has 0 saturated carbocycles. The summed E-state index contributed by atoms with van der Waals surface area (Å²) in [4.78, 5) is 10.1. The highest BCUT2D eigenvalue weighted by molar-refractivity contribution is 5.72. The van der Waals surface area contributed by atoms with Crippen LogP contribution >= 0.6 is 0 Å². The molecule has 0 aliphatic rings. The highest BCUT2D eigenvalue weighted by Gasteiger charge is 2.13. The van der Waals surface area contributed by atoms with Crippen molar-refractivity contribution in [3.8, 4) is 6.07 Å². The van der Waals surface area contributed by atoms with Gasteiger partial charge in [-0.2, -0.15) is 5.26 Å². The Balaban J connectivity index is 0. The summed E-state index contributed by atoms with van der Waals surface area (Å²) in [6, 6.07) is 1.70. The van der Waals surface area contributed by atoms with Crippen LogP contribution in [0, 0.1) is 17.2 Å². The molecule has 1 N–H and O–H groups in total. The second-order valence-corrected chi connectivity index (χ2v) is 2.52. The smallest absolute Gasteiger partial charge is 0.320 e. The van der Waals surface area contributed by atoms with Gasteiger partial charge in [-0.1, -0.05) is 33.6 Å². The molecule has 0 aromatic heterocycles. The number of hydrogen-bond acceptors (Lipinski definition) is 2. The van der Waals surface area contributed by atoms with Crippen molar-refractivity contribution in [2.75, 3.05) is 0 Å². The quantitative estimate of drug-likeness (QED) is 0.709. The van der Waals surface area contributed by atoms with Crippen LogP contribution in [-0.2, 0) is 4.79 Å². The van der Waals surface area contributed by atoms with Crippen LogP contribution in [0.15, 0.2) is 0 Å². The van der Waals surface area contributed by atoms with Crippen molar-refractivity contribution in [3.05, 3.63) is 0 Å². The topological polar surface area (TPSA) is 61.1 Å². The van der Waals surface area contributed by atoms with E-state index in [1.165, 1.54) is 6.42 Å². The first-order valence-electron chi connectivity index (χ1n) is 4.26. The van der Waals surface area contributed by atoms with E-state index in [1.807, 2.05) is 6.92 Å². The Hall–Kier alpha value is -1.04. The van der Waals surface area contributed by atoms with Crippen molar-refractivity contribution in [2.45, 2.75) is 40.0 Å². The largest absolute Gasteiger partial charge is 0.480 e. The summed E-state index contributed by atoms with van der Waals surface area (Å²) in [6.07, 6.45) is 2.44. The second-order valence-electron chi connectivity index (χ2n) is 2.52. The Kier molecular flexibility index (Phi) is 11.2. The molecule has 0 radical (unpaired) electrons. The predicted molar refractivity (Wildman–Crippen MR) is 47.6 cm³/mol. The highest BCUT2D eigenvalue weighted by Crippen LogP contribution is 2.03. The molecule has 0 bridgehead atoms. The minimum Gasteiger partial charge on any atom is -0.480 e. The van der Waals surface area contributed by atoms with Gasteiger partial charge < -0.3 is 5.11 Å². The number of nitrogens with zero attached hydrogens (tertiary/aromatic N) is 1. The first kappa shape index (κ1) is 13.5. The molecule has 0 amide bonds. The fourth-order valence-electron chi connectivity index (χ4n) is 0.532. The van der Waals surface area contributed by atoms with E-state index in [2.05, 4.69) is 13.8 Å². The van der Waals surface area contributed by atoms with Gasteiger partial charge in [-0.25, -0.2) is 0 Å². The zero-order chi connectivity index (χ0) is 9.98. The lowest BCUT2D eigenvalue weighted by Gasteiger charge is -1.97. The first-order valence-corrected chi connectivity index (χ1v) is 4.26. The molecule has 0 saturated heterocycles. The Morgan fingerprint density at radius 3 is 2.00 bits per heavy atom. The molecule has 0 spiro atoms. The second kappa shape index (κ2) is 9.96. The van der Waals surface area contributed by atoms with E-state index in [-0.39, 0.29) is 0 Å². The lowest BCUT2D eigenvalue weighted by molar-refractivity contribution is -0.139. The van der Waals surface area contributed by atoms with Crippen molar-refractivity contribution in [2.24, 2.45) is 5.92 Å². The fourth-order valence-corrected chi connectivity index (χ4v) is 0.532. The van der Waals surface area contributed by atoms with Crippen molar-refractivity contribution in [3.63, 3.8) is 0 Å². The molecule has 0 fully saturated rings. The van der Waals surface area contributed by atoms with Crippen molar-refractivity contribution >= 4 is 5.97 Å². The zero-order valence-electron chi connectivity index (χ0n) is 8.00. The van der Waals surface area contributed by atoms with E-state index in [4.69, 9.17) is 10.4 Å². The van der Waals surface area contributed by atoms with E-state index in [1.54, 1.807) is 6.07 Å². The summed E-state index contributed by atoms with van der Waals surface area (Å²) in [5.74, 6) is -1.82. The van der Waals surface area contributed by atoms with Crippen LogP contribution in [0.2, 0.25) is 0 Å². The molecule has 3 heteroatoms. The van der Waals surface area contributed by atoms with Crippen LogP contribution in [0.5, 0.6) is 0 Å². The maximum absolute atomic E-state index is 10.1. The Morgan fingerprint density at radius 1 is 1.50 bits per heavy atom. The molecule has 1 atom stereocenters. The Morgan fingerprint density at radius 2 is 1.92 bits per heavy atom. The van der Waals surface area contributed by atoms with E-state index in [9.17, 15) is 4.79 Å². The SMILES string of the molecule is CCC.CCCC(C#N)C(=O)O. The summed E-state index contributed by atoms with van der Waals surface area (Å²) in [6.45, 7) is 6.10. The predicted octanol–water partition coefficient (Wildman–Crippen LogP) is 2.43. The van der Waals surface area contributed by atoms with E-state index in [0.29, 0.717) is 6.42 Å².